The van der Waals surface area contributed by atoms with Gasteiger partial charge in [-0.25, -0.2) is 4.99 Å². The highest BCUT2D eigenvalue weighted by Crippen LogP contribution is 2.46. The van der Waals surface area contributed by atoms with Gasteiger partial charge in [-0.05, 0) is 56.8 Å². The monoisotopic (exact) mass is 511 g/mol. The Kier molecular flexibility index (Phi) is 6.17. The van der Waals surface area contributed by atoms with Crippen molar-refractivity contribution in [2.75, 3.05) is 13.1 Å². The number of nitrogens with zero attached hydrogens (tertiary/aromatic N) is 4. The molecule has 0 spiro atoms. The zero-order valence-corrected chi connectivity index (χ0v) is 20.3. The molecule has 0 radical (unpaired) electrons. The van der Waals surface area contributed by atoms with E-state index < -0.39 is 6.04 Å². The van der Waals surface area contributed by atoms with Crippen molar-refractivity contribution in [1.29, 1.82) is 5.26 Å². The fraction of sp³-hybridized carbons (Fsp3) is 0.261. The molecule has 9 heteroatoms. The van der Waals surface area contributed by atoms with E-state index in [1.807, 2.05) is 57.2 Å². The lowest BCUT2D eigenvalue weighted by molar-refractivity contribution is -0.127. The summed E-state index contributed by atoms with van der Waals surface area (Å²) in [5.41, 5.74) is 8.35. The number of nitrogens with two attached hydrogens (primary N) is 1. The van der Waals surface area contributed by atoms with Crippen LogP contribution in [0.2, 0.25) is 0 Å². The number of rotatable bonds is 5. The minimum Gasteiger partial charge on any atom is -0.458 e. The molecule has 0 aliphatic carbocycles. The Hall–Kier alpha value is -2.96. The van der Waals surface area contributed by atoms with Gasteiger partial charge >= 0.3 is 0 Å². The van der Waals surface area contributed by atoms with E-state index in [4.69, 9.17) is 10.2 Å². The van der Waals surface area contributed by atoms with Crippen LogP contribution in [0.25, 0.3) is 11.3 Å². The van der Waals surface area contributed by atoms with Crippen molar-refractivity contribution in [3.05, 3.63) is 68.6 Å². The van der Waals surface area contributed by atoms with E-state index in [0.29, 0.717) is 46.0 Å². The molecule has 0 bridgehead atoms. The van der Waals surface area contributed by atoms with Crippen molar-refractivity contribution in [2.24, 2.45) is 10.7 Å². The molecule has 164 valence electrons. The number of carbonyl (C=O) groups excluding carboxylic acids is 1. The second-order valence-corrected chi connectivity index (χ2v) is 9.17. The van der Waals surface area contributed by atoms with Crippen molar-refractivity contribution in [3.63, 3.8) is 0 Å². The Morgan fingerprint density at radius 2 is 1.97 bits per heavy atom. The number of hydrogen-bond donors (Lipinski definition) is 1. The Balaban J connectivity index is 1.84. The average Bonchev–Trinajstić information content (AvgIpc) is 3.39. The van der Waals surface area contributed by atoms with Gasteiger partial charge in [0, 0.05) is 23.1 Å². The summed E-state index contributed by atoms with van der Waals surface area (Å²) in [5.74, 6) is 1.40. The first-order valence-electron chi connectivity index (χ1n) is 10.2. The molecule has 2 N–H and O–H groups in total. The number of nitriles is 1. The molecule has 1 amide bonds. The molecule has 4 rings (SSSR count). The highest BCUT2D eigenvalue weighted by molar-refractivity contribution is 9.10. The topological polar surface area (TPSA) is 98.9 Å². The first-order valence-corrected chi connectivity index (χ1v) is 11.8. The summed E-state index contributed by atoms with van der Waals surface area (Å²) in [6.45, 7) is 6.84. The van der Waals surface area contributed by atoms with Crippen molar-refractivity contribution in [2.45, 2.75) is 26.8 Å². The van der Waals surface area contributed by atoms with Crippen molar-refractivity contribution < 1.29 is 9.21 Å². The number of benzene rings is 1. The van der Waals surface area contributed by atoms with Gasteiger partial charge in [0.2, 0.25) is 0 Å². The van der Waals surface area contributed by atoms with E-state index in [1.165, 1.54) is 11.8 Å². The van der Waals surface area contributed by atoms with E-state index in [2.05, 4.69) is 27.0 Å². The summed E-state index contributed by atoms with van der Waals surface area (Å²) in [7, 11) is 0. The van der Waals surface area contributed by atoms with Crippen LogP contribution in [0.5, 0.6) is 0 Å². The number of amidine groups is 1. The molecule has 2 aromatic rings. The van der Waals surface area contributed by atoms with Crippen LogP contribution in [0.1, 0.15) is 32.6 Å². The van der Waals surface area contributed by atoms with E-state index in [0.717, 1.165) is 10.0 Å². The Bertz CT molecular complexity index is 1200. The normalized spacial score (nSPS) is 17.9. The quantitative estimate of drug-likeness (QED) is 0.608. The molecule has 1 atom stereocenters. The Labute approximate surface area is 199 Å². The van der Waals surface area contributed by atoms with Crippen molar-refractivity contribution in [3.8, 4) is 17.4 Å². The molecule has 3 heterocycles. The van der Waals surface area contributed by atoms with Gasteiger partial charge in [-0.3, -0.25) is 9.69 Å². The molecule has 0 saturated heterocycles. The van der Waals surface area contributed by atoms with Crippen LogP contribution in [0, 0.1) is 11.3 Å². The van der Waals surface area contributed by atoms with Gasteiger partial charge in [-0.1, -0.05) is 28.1 Å². The third-order valence-electron chi connectivity index (χ3n) is 5.48. The van der Waals surface area contributed by atoms with Crippen LogP contribution in [0.3, 0.4) is 0 Å². The smallest absolute Gasteiger partial charge is 0.254 e. The van der Waals surface area contributed by atoms with E-state index >= 15 is 0 Å². The molecule has 0 fully saturated rings. The summed E-state index contributed by atoms with van der Waals surface area (Å²) in [5, 5.41) is 10.1. The fourth-order valence-corrected chi connectivity index (χ4v) is 5.01. The Morgan fingerprint density at radius 1 is 1.28 bits per heavy atom. The molecular formula is C23H22BrN5O2S. The number of carbonyl (C=O) groups is 1. The molecule has 1 aromatic heterocycles. The summed E-state index contributed by atoms with van der Waals surface area (Å²) >= 11 is 4.65. The van der Waals surface area contributed by atoms with Gasteiger partial charge in [-0.2, -0.15) is 5.26 Å². The summed E-state index contributed by atoms with van der Waals surface area (Å²) in [6.07, 6.45) is 0. The number of halogens is 1. The largest absolute Gasteiger partial charge is 0.458 e. The molecular weight excluding hydrogens is 490 g/mol. The first kappa shape index (κ1) is 22.2. The van der Waals surface area contributed by atoms with E-state index in [1.54, 1.807) is 9.80 Å². The number of furan rings is 1. The average molecular weight is 512 g/mol. The number of allylic oxidation sites excluding steroid dienone is 2. The minimum absolute atomic E-state index is 0.120. The maximum Gasteiger partial charge on any atom is 0.254 e. The van der Waals surface area contributed by atoms with Crippen LogP contribution in [0.4, 0.5) is 0 Å². The van der Waals surface area contributed by atoms with Crippen molar-refractivity contribution >= 4 is 38.8 Å². The van der Waals surface area contributed by atoms with Gasteiger partial charge in [0.1, 0.15) is 34.4 Å². The summed E-state index contributed by atoms with van der Waals surface area (Å²) < 4.78 is 7.24. The van der Waals surface area contributed by atoms with Crippen LogP contribution in [-0.4, -0.2) is 34.0 Å². The predicted molar refractivity (Wildman–Crippen MR) is 129 cm³/mol. The summed E-state index contributed by atoms with van der Waals surface area (Å²) in [4.78, 5) is 22.0. The lowest BCUT2D eigenvalue weighted by atomic mass is 9.98. The van der Waals surface area contributed by atoms with Gasteiger partial charge < -0.3 is 15.1 Å². The Morgan fingerprint density at radius 3 is 2.59 bits per heavy atom. The number of hydrogen-bond acceptors (Lipinski definition) is 7. The SMILES string of the molecule is CCN(CC)C(=O)C1=C(C)N=C2SC(C#N)=C(N)N2[C@@H]1c1ccc(-c2ccc(Br)cc2)o1. The maximum absolute atomic E-state index is 13.5. The van der Waals surface area contributed by atoms with E-state index in [-0.39, 0.29) is 11.7 Å². The molecule has 32 heavy (non-hydrogen) atoms. The second kappa shape index (κ2) is 8.88. The lowest BCUT2D eigenvalue weighted by Gasteiger charge is -2.35. The predicted octanol–water partition coefficient (Wildman–Crippen LogP) is 4.96. The molecule has 0 saturated carbocycles. The molecule has 2 aliphatic rings. The van der Waals surface area contributed by atoms with Crippen LogP contribution in [-0.2, 0) is 4.79 Å². The summed E-state index contributed by atoms with van der Waals surface area (Å²) in [6, 6.07) is 13.1. The number of thioether (sulfide) groups is 1. The highest BCUT2D eigenvalue weighted by atomic mass is 79.9. The molecule has 2 aliphatic heterocycles. The highest BCUT2D eigenvalue weighted by Gasteiger charge is 2.44. The molecule has 7 nitrogen and oxygen atoms in total. The molecule has 0 unspecified atom stereocenters. The van der Waals surface area contributed by atoms with Crippen LogP contribution < -0.4 is 5.73 Å². The van der Waals surface area contributed by atoms with E-state index in [9.17, 15) is 10.1 Å². The zero-order chi connectivity index (χ0) is 23.0. The van der Waals surface area contributed by atoms with Crippen molar-refractivity contribution in [1.82, 2.24) is 9.80 Å². The first-order chi connectivity index (χ1) is 15.4. The third kappa shape index (κ3) is 3.74. The maximum atomic E-state index is 13.5. The number of aliphatic imine (C=N–C) groups is 1. The molecule has 1 aromatic carbocycles. The van der Waals surface area contributed by atoms with Gasteiger partial charge in [0.15, 0.2) is 5.17 Å². The van der Waals surface area contributed by atoms with Gasteiger partial charge in [0.25, 0.3) is 5.91 Å². The standard InChI is InChI=1S/C23H22BrN5O2S/c1-4-28(5-2)22(30)19-13(3)27-23-29(21(26)18(12-25)32-23)20(19)17-11-10-16(31-17)14-6-8-15(24)9-7-14/h6-11,20H,4-5,26H2,1-3H3/t20-/m1/s1. The fourth-order valence-electron chi connectivity index (χ4n) is 3.83. The van der Waals surface area contributed by atoms with Gasteiger partial charge in [0.05, 0.1) is 11.3 Å². The second-order valence-electron chi connectivity index (χ2n) is 7.28. The lowest BCUT2D eigenvalue weighted by Crippen LogP contribution is -2.42. The minimum atomic E-state index is -0.613. The number of fused-ring (bicyclic) bond motifs is 1. The zero-order valence-electron chi connectivity index (χ0n) is 17.9. The van der Waals surface area contributed by atoms with Gasteiger partial charge in [-0.15, -0.1) is 0 Å². The van der Waals surface area contributed by atoms with Crippen LogP contribution >= 0.6 is 27.7 Å². The third-order valence-corrected chi connectivity index (χ3v) is 6.99. The van der Waals surface area contributed by atoms with Crippen LogP contribution in [0.15, 0.2) is 72.3 Å². The number of amides is 1. The number of likely N-dealkylation sites (N-methyl/N-ethyl adjacent to an activating group) is 1.